The van der Waals surface area contributed by atoms with E-state index < -0.39 is 6.10 Å². The number of aryl methyl sites for hydroxylation is 1. The Morgan fingerprint density at radius 1 is 1.37 bits per heavy atom. The van der Waals surface area contributed by atoms with Gasteiger partial charge in [-0.2, -0.15) is 0 Å². The first-order chi connectivity index (χ1) is 8.71. The summed E-state index contributed by atoms with van der Waals surface area (Å²) in [6.07, 6.45) is 0.559. The second kappa shape index (κ2) is 4.80. The highest BCUT2D eigenvalue weighted by atomic mass is 35.5. The number of nitrogens with one attached hydrogen (secondary N) is 1. The molecule has 19 heavy (non-hydrogen) atoms. The van der Waals surface area contributed by atoms with Gasteiger partial charge in [0.1, 0.15) is 0 Å². The van der Waals surface area contributed by atoms with Crippen LogP contribution >= 0.6 is 11.6 Å². The molecule has 0 radical (unpaired) electrons. The number of hydrogen-bond acceptors (Lipinski definition) is 2. The highest BCUT2D eigenvalue weighted by molar-refractivity contribution is 6.32. The van der Waals surface area contributed by atoms with Crippen molar-refractivity contribution in [2.24, 2.45) is 5.41 Å². The van der Waals surface area contributed by atoms with Crippen LogP contribution in [0.2, 0.25) is 5.02 Å². The molecule has 104 valence electrons. The summed E-state index contributed by atoms with van der Waals surface area (Å²) < 4.78 is 0. The zero-order valence-corrected chi connectivity index (χ0v) is 12.6. The number of amides is 1. The molecule has 1 unspecified atom stereocenters. The molecule has 3 nitrogen and oxygen atoms in total. The van der Waals surface area contributed by atoms with Crippen molar-refractivity contribution in [3.8, 4) is 0 Å². The Morgan fingerprint density at radius 2 is 2.00 bits per heavy atom. The molecule has 1 aromatic carbocycles. The molecular formula is C15H20ClNO2. The lowest BCUT2D eigenvalue weighted by atomic mass is 9.83. The number of hydrogen-bond donors (Lipinski definition) is 2. The van der Waals surface area contributed by atoms with Crippen LogP contribution < -0.4 is 5.32 Å². The van der Waals surface area contributed by atoms with Crippen LogP contribution in [0.1, 0.15) is 50.0 Å². The topological polar surface area (TPSA) is 49.3 Å². The molecule has 0 spiro atoms. The molecule has 2 rings (SSSR count). The smallest absolute Gasteiger partial charge is 0.224 e. The van der Waals surface area contributed by atoms with Crippen molar-refractivity contribution in [2.45, 2.75) is 46.6 Å². The first-order valence-electron chi connectivity index (χ1n) is 6.51. The van der Waals surface area contributed by atoms with E-state index in [9.17, 15) is 9.90 Å². The largest absolute Gasteiger partial charge is 0.388 e. The SMILES string of the molecule is Cc1c(Cl)c(C(O)C(C)(C)C)cc2c1NC(=O)CC2. The normalized spacial score (nSPS) is 16.8. The van der Waals surface area contributed by atoms with Gasteiger partial charge in [0.25, 0.3) is 0 Å². The van der Waals surface area contributed by atoms with E-state index in [0.29, 0.717) is 17.9 Å². The lowest BCUT2D eigenvalue weighted by Crippen LogP contribution is -2.23. The highest BCUT2D eigenvalue weighted by Crippen LogP contribution is 2.41. The average molecular weight is 282 g/mol. The van der Waals surface area contributed by atoms with E-state index in [4.69, 9.17) is 11.6 Å². The fourth-order valence-electron chi connectivity index (χ4n) is 2.38. The lowest BCUT2D eigenvalue weighted by Gasteiger charge is -2.29. The predicted octanol–water partition coefficient (Wildman–Crippen LogP) is 3.61. The summed E-state index contributed by atoms with van der Waals surface area (Å²) in [7, 11) is 0. The molecule has 0 saturated heterocycles. The van der Waals surface area contributed by atoms with Crippen LogP contribution in [-0.4, -0.2) is 11.0 Å². The third-order valence-electron chi connectivity index (χ3n) is 3.61. The van der Waals surface area contributed by atoms with E-state index in [1.165, 1.54) is 0 Å². The number of aliphatic hydroxyl groups is 1. The molecule has 4 heteroatoms. The highest BCUT2D eigenvalue weighted by Gasteiger charge is 2.29. The van der Waals surface area contributed by atoms with Crippen LogP contribution in [0.5, 0.6) is 0 Å². The van der Waals surface area contributed by atoms with Crippen molar-refractivity contribution in [1.29, 1.82) is 0 Å². The first kappa shape index (κ1) is 14.4. The van der Waals surface area contributed by atoms with Crippen LogP contribution in [0, 0.1) is 12.3 Å². The van der Waals surface area contributed by atoms with E-state index >= 15 is 0 Å². The monoisotopic (exact) mass is 281 g/mol. The van der Waals surface area contributed by atoms with E-state index in [1.54, 1.807) is 0 Å². The zero-order valence-electron chi connectivity index (χ0n) is 11.8. The fourth-order valence-corrected chi connectivity index (χ4v) is 2.63. The Bertz CT molecular complexity index is 532. The molecule has 0 fully saturated rings. The maximum Gasteiger partial charge on any atom is 0.224 e. The third-order valence-corrected chi connectivity index (χ3v) is 4.11. The average Bonchev–Trinajstić information content (AvgIpc) is 2.32. The summed E-state index contributed by atoms with van der Waals surface area (Å²) in [4.78, 5) is 11.5. The third kappa shape index (κ3) is 2.63. The zero-order chi connectivity index (χ0) is 14.4. The molecule has 1 amide bonds. The quantitative estimate of drug-likeness (QED) is 0.826. The standard InChI is InChI=1S/C15H20ClNO2/c1-8-12(16)10(14(19)15(2,3)4)7-9-5-6-11(18)17-13(8)9/h7,14,19H,5-6H2,1-4H3,(H,17,18). The van der Waals surface area contributed by atoms with Gasteiger partial charge in [0.15, 0.2) is 0 Å². The van der Waals surface area contributed by atoms with Gasteiger partial charge in [-0.05, 0) is 36.0 Å². The minimum Gasteiger partial charge on any atom is -0.388 e. The van der Waals surface area contributed by atoms with Gasteiger partial charge < -0.3 is 10.4 Å². The number of carbonyl (C=O) groups is 1. The molecule has 1 heterocycles. The number of fused-ring (bicyclic) bond motifs is 1. The predicted molar refractivity (Wildman–Crippen MR) is 77.6 cm³/mol. The van der Waals surface area contributed by atoms with Crippen molar-refractivity contribution in [1.82, 2.24) is 0 Å². The van der Waals surface area contributed by atoms with E-state index in [-0.39, 0.29) is 11.3 Å². The molecule has 1 aromatic rings. The first-order valence-corrected chi connectivity index (χ1v) is 6.89. The number of rotatable bonds is 1. The molecule has 2 N–H and O–H groups in total. The van der Waals surface area contributed by atoms with Crippen LogP contribution in [0.15, 0.2) is 6.07 Å². The van der Waals surface area contributed by atoms with Gasteiger partial charge in [-0.25, -0.2) is 0 Å². The van der Waals surface area contributed by atoms with Crippen molar-refractivity contribution in [3.63, 3.8) is 0 Å². The summed E-state index contributed by atoms with van der Waals surface area (Å²) >= 11 is 6.37. The maximum absolute atomic E-state index is 11.5. The molecule has 1 aliphatic rings. The number of halogens is 1. The van der Waals surface area contributed by atoms with Crippen molar-refractivity contribution >= 4 is 23.2 Å². The van der Waals surface area contributed by atoms with Crippen molar-refractivity contribution < 1.29 is 9.90 Å². The van der Waals surface area contributed by atoms with Gasteiger partial charge in [-0.15, -0.1) is 0 Å². The Hall–Kier alpha value is -1.06. The Balaban J connectivity index is 2.54. The summed E-state index contributed by atoms with van der Waals surface area (Å²) in [5, 5.41) is 13.9. The van der Waals surface area contributed by atoms with Crippen LogP contribution in [-0.2, 0) is 11.2 Å². The fraction of sp³-hybridized carbons (Fsp3) is 0.533. The van der Waals surface area contributed by atoms with Crippen molar-refractivity contribution in [2.75, 3.05) is 5.32 Å². The number of aliphatic hydroxyl groups excluding tert-OH is 1. The van der Waals surface area contributed by atoms with Gasteiger partial charge >= 0.3 is 0 Å². The molecule has 0 aliphatic carbocycles. The lowest BCUT2D eigenvalue weighted by molar-refractivity contribution is -0.116. The Kier molecular flexibility index (Phi) is 3.63. The van der Waals surface area contributed by atoms with E-state index in [1.807, 2.05) is 33.8 Å². The van der Waals surface area contributed by atoms with E-state index in [0.717, 1.165) is 22.4 Å². The molecule has 1 aliphatic heterocycles. The second-order valence-corrected chi connectivity index (χ2v) is 6.63. The van der Waals surface area contributed by atoms with Crippen LogP contribution in [0.25, 0.3) is 0 Å². The van der Waals surface area contributed by atoms with Crippen LogP contribution in [0.4, 0.5) is 5.69 Å². The number of benzene rings is 1. The minimum atomic E-state index is -0.623. The molecule has 1 atom stereocenters. The maximum atomic E-state index is 11.5. The number of anilines is 1. The summed E-state index contributed by atoms with van der Waals surface area (Å²) in [5.74, 6) is 0.0239. The summed E-state index contributed by atoms with van der Waals surface area (Å²) in [5.41, 5.74) is 3.18. The molecule has 0 bridgehead atoms. The molecular weight excluding hydrogens is 262 g/mol. The van der Waals surface area contributed by atoms with Gasteiger partial charge in [-0.3, -0.25) is 4.79 Å². The Morgan fingerprint density at radius 3 is 2.58 bits per heavy atom. The van der Waals surface area contributed by atoms with Gasteiger partial charge in [0, 0.05) is 17.7 Å². The van der Waals surface area contributed by atoms with Gasteiger partial charge in [0.2, 0.25) is 5.91 Å². The second-order valence-electron chi connectivity index (χ2n) is 6.26. The summed E-state index contributed by atoms with van der Waals surface area (Å²) in [6.45, 7) is 7.81. The summed E-state index contributed by atoms with van der Waals surface area (Å²) in [6, 6.07) is 1.93. The number of carbonyl (C=O) groups excluding carboxylic acids is 1. The van der Waals surface area contributed by atoms with E-state index in [2.05, 4.69) is 5.32 Å². The molecule has 0 saturated carbocycles. The minimum absolute atomic E-state index is 0.0239. The van der Waals surface area contributed by atoms with Crippen LogP contribution in [0.3, 0.4) is 0 Å². The van der Waals surface area contributed by atoms with Gasteiger partial charge in [0.05, 0.1) is 11.1 Å². The van der Waals surface area contributed by atoms with Crippen molar-refractivity contribution in [3.05, 3.63) is 27.8 Å². The molecule has 0 aromatic heterocycles. The van der Waals surface area contributed by atoms with Gasteiger partial charge in [-0.1, -0.05) is 32.4 Å². The Labute approximate surface area is 119 Å².